The van der Waals surface area contributed by atoms with Gasteiger partial charge in [0.1, 0.15) is 0 Å². The predicted molar refractivity (Wildman–Crippen MR) is 67.6 cm³/mol. The van der Waals surface area contributed by atoms with E-state index in [4.69, 9.17) is 23.2 Å². The van der Waals surface area contributed by atoms with Crippen molar-refractivity contribution in [2.45, 2.75) is 76.0 Å². The largest absolute Gasteiger partial charge is 0.120 e. The zero-order valence-corrected chi connectivity index (χ0v) is 11.5. The van der Waals surface area contributed by atoms with Crippen molar-refractivity contribution in [1.82, 2.24) is 0 Å². The molecule has 0 saturated heterocycles. The summed E-state index contributed by atoms with van der Waals surface area (Å²) in [7, 11) is 0. The van der Waals surface area contributed by atoms with Gasteiger partial charge in [-0.1, -0.05) is 25.7 Å². The number of unbranched alkanes of at least 4 members (excludes halogenated alkanes) is 3. The van der Waals surface area contributed by atoms with Gasteiger partial charge in [0.15, 0.2) is 0 Å². The maximum Gasteiger partial charge on any atom is 0.0390 e. The minimum absolute atomic E-state index is 0.0221. The first-order valence-electron chi connectivity index (χ1n) is 5.59. The summed E-state index contributed by atoms with van der Waals surface area (Å²) in [6.07, 6.45) is 7.25. The van der Waals surface area contributed by atoms with Crippen LogP contribution in [0.4, 0.5) is 0 Å². The van der Waals surface area contributed by atoms with Gasteiger partial charge < -0.3 is 0 Å². The van der Waals surface area contributed by atoms with Crippen molar-refractivity contribution in [3.8, 4) is 0 Å². The third kappa shape index (κ3) is 12.6. The minimum Gasteiger partial charge on any atom is -0.120 e. The first kappa shape index (κ1) is 14.6. The van der Waals surface area contributed by atoms with Gasteiger partial charge >= 0.3 is 0 Å². The summed E-state index contributed by atoms with van der Waals surface area (Å²) in [5, 5.41) is 0. The van der Waals surface area contributed by atoms with Crippen molar-refractivity contribution in [3.05, 3.63) is 0 Å². The Morgan fingerprint density at radius 2 is 0.929 bits per heavy atom. The maximum absolute atomic E-state index is 6.10. The quantitative estimate of drug-likeness (QED) is 0.414. The Hall–Kier alpha value is 0.580. The Balaban J connectivity index is 3.23. The molecule has 0 bridgehead atoms. The number of alkyl halides is 2. The molecule has 0 spiro atoms. The Kier molecular flexibility index (Phi) is 6.48. The molecular weight excluding hydrogens is 215 g/mol. The fourth-order valence-corrected chi connectivity index (χ4v) is 1.71. The molecule has 0 radical (unpaired) electrons. The lowest BCUT2D eigenvalue weighted by atomic mass is 10.0. The van der Waals surface area contributed by atoms with Crippen molar-refractivity contribution in [2.24, 2.45) is 0 Å². The molecule has 0 aromatic rings. The number of rotatable bonds is 7. The van der Waals surface area contributed by atoms with Gasteiger partial charge in [-0.25, -0.2) is 0 Å². The summed E-state index contributed by atoms with van der Waals surface area (Å²) in [6, 6.07) is 0. The van der Waals surface area contributed by atoms with Gasteiger partial charge in [0, 0.05) is 9.75 Å². The predicted octanol–water partition coefficient (Wildman–Crippen LogP) is 5.36. The lowest BCUT2D eigenvalue weighted by Gasteiger charge is -2.16. The molecule has 0 aliphatic rings. The van der Waals surface area contributed by atoms with Crippen LogP contribution in [0.1, 0.15) is 66.2 Å². The van der Waals surface area contributed by atoms with Crippen molar-refractivity contribution >= 4 is 23.2 Å². The maximum atomic E-state index is 6.10. The van der Waals surface area contributed by atoms with Gasteiger partial charge in [-0.05, 0) is 40.5 Å². The van der Waals surface area contributed by atoms with Crippen molar-refractivity contribution < 1.29 is 0 Å². The first-order valence-corrected chi connectivity index (χ1v) is 6.34. The van der Waals surface area contributed by atoms with E-state index in [2.05, 4.69) is 27.7 Å². The molecule has 0 aromatic heterocycles. The Labute approximate surface area is 99.4 Å². The van der Waals surface area contributed by atoms with Gasteiger partial charge in [0.2, 0.25) is 0 Å². The average molecular weight is 239 g/mol. The van der Waals surface area contributed by atoms with E-state index in [0.717, 1.165) is 12.8 Å². The molecule has 0 amide bonds. The van der Waals surface area contributed by atoms with Crippen LogP contribution in [0.2, 0.25) is 0 Å². The highest BCUT2D eigenvalue weighted by atomic mass is 35.5. The second-order valence-corrected chi connectivity index (χ2v) is 7.40. The zero-order valence-electron chi connectivity index (χ0n) is 10.00. The molecule has 0 aromatic carbocycles. The topological polar surface area (TPSA) is 0 Å². The van der Waals surface area contributed by atoms with Gasteiger partial charge in [0.25, 0.3) is 0 Å². The molecule has 0 nitrogen and oxygen atoms in total. The van der Waals surface area contributed by atoms with Crippen molar-refractivity contribution in [2.75, 3.05) is 0 Å². The van der Waals surface area contributed by atoms with E-state index in [1.807, 2.05) is 0 Å². The van der Waals surface area contributed by atoms with E-state index in [-0.39, 0.29) is 9.75 Å². The molecule has 0 heterocycles. The van der Waals surface area contributed by atoms with E-state index in [0.29, 0.717) is 0 Å². The van der Waals surface area contributed by atoms with Crippen LogP contribution in [0.3, 0.4) is 0 Å². The highest BCUT2D eigenvalue weighted by molar-refractivity contribution is 6.23. The van der Waals surface area contributed by atoms with Crippen LogP contribution in [-0.4, -0.2) is 9.75 Å². The molecule has 14 heavy (non-hydrogen) atoms. The molecule has 2 heteroatoms. The van der Waals surface area contributed by atoms with Crippen LogP contribution in [0, 0.1) is 0 Å². The highest BCUT2D eigenvalue weighted by Crippen LogP contribution is 2.24. The smallest absolute Gasteiger partial charge is 0.0390 e. The SMILES string of the molecule is CC(C)(Cl)CCCCCCC(C)(C)Cl. The lowest BCUT2D eigenvalue weighted by molar-refractivity contribution is 0.513. The molecule has 0 N–H and O–H groups in total. The van der Waals surface area contributed by atoms with Crippen molar-refractivity contribution in [1.29, 1.82) is 0 Å². The molecule has 0 saturated carbocycles. The normalized spacial score (nSPS) is 13.3. The summed E-state index contributed by atoms with van der Waals surface area (Å²) >= 11 is 12.2. The zero-order chi connectivity index (χ0) is 11.2. The second kappa shape index (κ2) is 6.23. The standard InChI is InChI=1S/C12H24Cl2/c1-11(2,13)9-7-5-6-8-10-12(3,4)14/h5-10H2,1-4H3. The molecule has 0 rings (SSSR count). The Bertz CT molecular complexity index is 121. The summed E-state index contributed by atoms with van der Waals surface area (Å²) in [4.78, 5) is -0.0441. The molecule has 0 aliphatic carbocycles. The fraction of sp³-hybridized carbons (Fsp3) is 1.00. The summed E-state index contributed by atoms with van der Waals surface area (Å²) in [5.74, 6) is 0. The summed E-state index contributed by atoms with van der Waals surface area (Å²) in [6.45, 7) is 8.32. The molecule has 0 unspecified atom stereocenters. The van der Waals surface area contributed by atoms with Gasteiger partial charge in [-0.15, -0.1) is 23.2 Å². The number of hydrogen-bond acceptors (Lipinski definition) is 0. The van der Waals surface area contributed by atoms with Crippen LogP contribution in [0.5, 0.6) is 0 Å². The molecule has 0 fully saturated rings. The van der Waals surface area contributed by atoms with Gasteiger partial charge in [0.05, 0.1) is 0 Å². The van der Waals surface area contributed by atoms with Crippen LogP contribution in [-0.2, 0) is 0 Å². The van der Waals surface area contributed by atoms with Crippen LogP contribution >= 0.6 is 23.2 Å². The van der Waals surface area contributed by atoms with Crippen LogP contribution in [0.15, 0.2) is 0 Å². The van der Waals surface area contributed by atoms with E-state index in [1.165, 1.54) is 25.7 Å². The molecule has 0 atom stereocenters. The third-order valence-electron chi connectivity index (χ3n) is 2.29. The van der Waals surface area contributed by atoms with E-state index >= 15 is 0 Å². The third-order valence-corrected chi connectivity index (χ3v) is 2.67. The first-order chi connectivity index (χ1) is 6.21. The average Bonchev–Trinajstić information content (AvgIpc) is 1.92. The monoisotopic (exact) mass is 238 g/mol. The summed E-state index contributed by atoms with van der Waals surface area (Å²) in [5.41, 5.74) is 0. The molecule has 0 aliphatic heterocycles. The van der Waals surface area contributed by atoms with E-state index in [1.54, 1.807) is 0 Å². The van der Waals surface area contributed by atoms with Crippen LogP contribution in [0.25, 0.3) is 0 Å². The molecular formula is C12H24Cl2. The van der Waals surface area contributed by atoms with E-state index in [9.17, 15) is 0 Å². The van der Waals surface area contributed by atoms with Gasteiger partial charge in [-0.3, -0.25) is 0 Å². The second-order valence-electron chi connectivity index (χ2n) is 5.35. The van der Waals surface area contributed by atoms with E-state index < -0.39 is 0 Å². The fourth-order valence-electron chi connectivity index (χ4n) is 1.44. The Morgan fingerprint density at radius 1 is 0.643 bits per heavy atom. The Morgan fingerprint density at radius 3 is 1.14 bits per heavy atom. The van der Waals surface area contributed by atoms with Crippen LogP contribution < -0.4 is 0 Å². The molecule has 86 valence electrons. The number of hydrogen-bond donors (Lipinski definition) is 0. The lowest BCUT2D eigenvalue weighted by Crippen LogP contribution is -2.10. The van der Waals surface area contributed by atoms with Gasteiger partial charge in [-0.2, -0.15) is 0 Å². The highest BCUT2D eigenvalue weighted by Gasteiger charge is 2.13. The number of halogens is 2. The summed E-state index contributed by atoms with van der Waals surface area (Å²) < 4.78 is 0. The minimum atomic E-state index is -0.0221. The van der Waals surface area contributed by atoms with Crippen molar-refractivity contribution in [3.63, 3.8) is 0 Å².